The SMILES string of the molecule is CC(=O)NC(C)([C]=O)c1ccccc1. The second-order valence-corrected chi connectivity index (χ2v) is 3.27. The van der Waals surface area contributed by atoms with Crippen LogP contribution in [-0.2, 0) is 15.1 Å². The van der Waals surface area contributed by atoms with E-state index >= 15 is 0 Å². The molecular formula is C11H12NO2. The zero-order valence-corrected chi connectivity index (χ0v) is 8.20. The molecule has 0 spiro atoms. The highest BCUT2D eigenvalue weighted by molar-refractivity contribution is 5.80. The molecule has 0 aromatic heterocycles. The highest BCUT2D eigenvalue weighted by Gasteiger charge is 2.27. The average Bonchev–Trinajstić information content (AvgIpc) is 2.18. The van der Waals surface area contributed by atoms with E-state index in [0.717, 1.165) is 5.56 Å². The van der Waals surface area contributed by atoms with Gasteiger partial charge in [0.05, 0.1) is 0 Å². The first-order valence-electron chi connectivity index (χ1n) is 4.32. The van der Waals surface area contributed by atoms with E-state index in [1.807, 2.05) is 24.5 Å². The molecule has 1 unspecified atom stereocenters. The second-order valence-electron chi connectivity index (χ2n) is 3.27. The van der Waals surface area contributed by atoms with E-state index in [1.165, 1.54) is 6.92 Å². The smallest absolute Gasteiger partial charge is 0.230 e. The van der Waals surface area contributed by atoms with E-state index in [9.17, 15) is 9.59 Å². The van der Waals surface area contributed by atoms with Crippen molar-refractivity contribution in [3.8, 4) is 0 Å². The lowest BCUT2D eigenvalue weighted by atomic mass is 9.94. The predicted octanol–water partition coefficient (Wildman–Crippen LogP) is 1.15. The van der Waals surface area contributed by atoms with Gasteiger partial charge in [0.1, 0.15) is 5.54 Å². The van der Waals surface area contributed by atoms with E-state index in [1.54, 1.807) is 19.1 Å². The molecule has 3 nitrogen and oxygen atoms in total. The normalized spacial score (nSPS) is 14.1. The van der Waals surface area contributed by atoms with Crippen molar-refractivity contribution in [3.05, 3.63) is 35.9 Å². The van der Waals surface area contributed by atoms with Crippen LogP contribution in [-0.4, -0.2) is 12.2 Å². The number of hydrogen-bond acceptors (Lipinski definition) is 2. The molecule has 0 aliphatic carbocycles. The van der Waals surface area contributed by atoms with Gasteiger partial charge < -0.3 is 5.32 Å². The Kier molecular flexibility index (Phi) is 3.02. The van der Waals surface area contributed by atoms with E-state index in [0.29, 0.717) is 0 Å². The van der Waals surface area contributed by atoms with Crippen molar-refractivity contribution < 1.29 is 9.59 Å². The highest BCUT2D eigenvalue weighted by Crippen LogP contribution is 2.17. The molecule has 1 atom stereocenters. The largest absolute Gasteiger partial charge is 0.340 e. The summed E-state index contributed by atoms with van der Waals surface area (Å²) >= 11 is 0. The summed E-state index contributed by atoms with van der Waals surface area (Å²) in [5.74, 6) is -0.250. The van der Waals surface area contributed by atoms with Crippen LogP contribution in [0.3, 0.4) is 0 Å². The van der Waals surface area contributed by atoms with Crippen LogP contribution in [0.2, 0.25) is 0 Å². The molecule has 1 N–H and O–H groups in total. The van der Waals surface area contributed by atoms with Gasteiger partial charge in [0.25, 0.3) is 0 Å². The minimum Gasteiger partial charge on any atom is -0.340 e. The Hall–Kier alpha value is -1.64. The Bertz CT molecular complexity index is 334. The van der Waals surface area contributed by atoms with Gasteiger partial charge in [0.2, 0.25) is 12.2 Å². The number of rotatable bonds is 3. The molecule has 1 aromatic rings. The molecule has 1 aromatic carbocycles. The Morgan fingerprint density at radius 2 is 1.93 bits per heavy atom. The van der Waals surface area contributed by atoms with Gasteiger partial charge in [-0.25, -0.2) is 0 Å². The Labute approximate surface area is 83.1 Å². The van der Waals surface area contributed by atoms with Gasteiger partial charge in [-0.3, -0.25) is 9.59 Å². The fourth-order valence-electron chi connectivity index (χ4n) is 1.28. The number of amides is 1. The molecule has 14 heavy (non-hydrogen) atoms. The molecule has 0 aliphatic heterocycles. The van der Waals surface area contributed by atoms with Crippen molar-refractivity contribution >= 4 is 12.2 Å². The number of carbonyl (C=O) groups excluding carboxylic acids is 2. The molecule has 3 heteroatoms. The summed E-state index contributed by atoms with van der Waals surface area (Å²) in [7, 11) is 0. The molecule has 0 saturated carbocycles. The summed E-state index contributed by atoms with van der Waals surface area (Å²) in [6.45, 7) is 3.00. The van der Waals surface area contributed by atoms with Crippen molar-refractivity contribution in [3.63, 3.8) is 0 Å². The Morgan fingerprint density at radius 1 is 1.36 bits per heavy atom. The fourth-order valence-corrected chi connectivity index (χ4v) is 1.28. The highest BCUT2D eigenvalue weighted by atomic mass is 16.2. The van der Waals surface area contributed by atoms with Crippen molar-refractivity contribution in [1.29, 1.82) is 0 Å². The van der Waals surface area contributed by atoms with Crippen LogP contribution >= 0.6 is 0 Å². The summed E-state index contributed by atoms with van der Waals surface area (Å²) in [5, 5.41) is 2.56. The van der Waals surface area contributed by atoms with E-state index < -0.39 is 5.54 Å². The predicted molar refractivity (Wildman–Crippen MR) is 53.3 cm³/mol. The molecule has 0 aliphatic rings. The van der Waals surface area contributed by atoms with Gasteiger partial charge >= 0.3 is 0 Å². The molecule has 0 fully saturated rings. The van der Waals surface area contributed by atoms with Gasteiger partial charge in [0.15, 0.2) is 0 Å². The van der Waals surface area contributed by atoms with E-state index in [4.69, 9.17) is 0 Å². The maximum Gasteiger partial charge on any atom is 0.230 e. The molecule has 73 valence electrons. The number of carbonyl (C=O) groups is 1. The van der Waals surface area contributed by atoms with Crippen LogP contribution in [0.1, 0.15) is 19.4 Å². The van der Waals surface area contributed by atoms with Gasteiger partial charge in [-0.1, -0.05) is 30.3 Å². The van der Waals surface area contributed by atoms with Crippen LogP contribution in [0.15, 0.2) is 30.3 Å². The monoisotopic (exact) mass is 190 g/mol. The van der Waals surface area contributed by atoms with Crippen LogP contribution in [0.5, 0.6) is 0 Å². The first kappa shape index (κ1) is 10.4. The Balaban J connectivity index is 3.01. The second kappa shape index (κ2) is 4.05. The first-order chi connectivity index (χ1) is 6.58. The van der Waals surface area contributed by atoms with Crippen LogP contribution in [0, 0.1) is 0 Å². The quantitative estimate of drug-likeness (QED) is 0.777. The van der Waals surface area contributed by atoms with Crippen LogP contribution in [0.4, 0.5) is 0 Å². The standard InChI is InChI=1S/C11H12NO2/c1-9(14)12-11(2,8-13)10-6-4-3-5-7-10/h3-7H,1-2H3,(H,12,14). The summed E-state index contributed by atoms with van der Waals surface area (Å²) in [4.78, 5) is 21.7. The maximum absolute atomic E-state index is 10.9. The fraction of sp³-hybridized carbons (Fsp3) is 0.273. The summed E-state index contributed by atoms with van der Waals surface area (Å²) < 4.78 is 0. The summed E-state index contributed by atoms with van der Waals surface area (Å²) in [6, 6.07) is 9.03. The van der Waals surface area contributed by atoms with Crippen molar-refractivity contribution in [1.82, 2.24) is 5.32 Å². The molecular weight excluding hydrogens is 178 g/mol. The molecule has 0 bridgehead atoms. The average molecular weight is 190 g/mol. The van der Waals surface area contributed by atoms with E-state index in [2.05, 4.69) is 5.32 Å². The van der Waals surface area contributed by atoms with Gasteiger partial charge in [-0.05, 0) is 12.5 Å². The van der Waals surface area contributed by atoms with Crippen molar-refractivity contribution in [2.24, 2.45) is 0 Å². The molecule has 0 saturated heterocycles. The third kappa shape index (κ3) is 2.19. The maximum atomic E-state index is 10.9. The molecule has 1 radical (unpaired) electrons. The lowest BCUT2D eigenvalue weighted by Crippen LogP contribution is -2.43. The third-order valence-electron chi connectivity index (χ3n) is 1.98. The molecule has 1 rings (SSSR count). The van der Waals surface area contributed by atoms with Crippen LogP contribution in [0.25, 0.3) is 0 Å². The number of benzene rings is 1. The van der Waals surface area contributed by atoms with Gasteiger partial charge in [0, 0.05) is 6.92 Å². The van der Waals surface area contributed by atoms with Gasteiger partial charge in [-0.2, -0.15) is 0 Å². The molecule has 1 amide bonds. The minimum absolute atomic E-state index is 0.250. The van der Waals surface area contributed by atoms with Crippen LogP contribution < -0.4 is 5.32 Å². The summed E-state index contributed by atoms with van der Waals surface area (Å²) in [6.07, 6.45) is 1.84. The number of nitrogens with one attached hydrogen (secondary N) is 1. The lowest BCUT2D eigenvalue weighted by Gasteiger charge is -2.23. The van der Waals surface area contributed by atoms with Crippen molar-refractivity contribution in [2.75, 3.05) is 0 Å². The minimum atomic E-state index is -1.05. The zero-order chi connectivity index (χ0) is 10.6. The topological polar surface area (TPSA) is 46.2 Å². The first-order valence-corrected chi connectivity index (χ1v) is 4.32. The zero-order valence-electron chi connectivity index (χ0n) is 8.20. The third-order valence-corrected chi connectivity index (χ3v) is 1.98. The summed E-state index contributed by atoms with van der Waals surface area (Å²) in [5.41, 5.74) is -0.321. The molecule has 0 heterocycles. The number of hydrogen-bond donors (Lipinski definition) is 1. The van der Waals surface area contributed by atoms with Gasteiger partial charge in [-0.15, -0.1) is 0 Å². The Morgan fingerprint density at radius 3 is 2.36 bits per heavy atom. The lowest BCUT2D eigenvalue weighted by molar-refractivity contribution is -0.120. The van der Waals surface area contributed by atoms with Crippen molar-refractivity contribution in [2.45, 2.75) is 19.4 Å². The van der Waals surface area contributed by atoms with E-state index in [-0.39, 0.29) is 5.91 Å².